The Labute approximate surface area is 115 Å². The van der Waals surface area contributed by atoms with Crippen molar-refractivity contribution in [2.75, 3.05) is 19.7 Å². The summed E-state index contributed by atoms with van der Waals surface area (Å²) in [5.41, 5.74) is 0.652. The van der Waals surface area contributed by atoms with E-state index in [1.807, 2.05) is 12.1 Å². The summed E-state index contributed by atoms with van der Waals surface area (Å²) < 4.78 is 5.75. The van der Waals surface area contributed by atoms with E-state index in [-0.39, 0.29) is 0 Å². The molecule has 1 atom stereocenters. The second-order valence-corrected chi connectivity index (χ2v) is 5.48. The largest absolute Gasteiger partial charge is 0.492 e. The Kier molecular flexibility index (Phi) is 4.81. The summed E-state index contributed by atoms with van der Waals surface area (Å²) in [7, 11) is 0. The van der Waals surface area contributed by atoms with Crippen LogP contribution in [0.3, 0.4) is 0 Å². The number of hydrogen-bond acceptors (Lipinski definition) is 3. The lowest BCUT2D eigenvalue weighted by molar-refractivity contribution is 0.168. The van der Waals surface area contributed by atoms with Crippen molar-refractivity contribution in [3.63, 3.8) is 0 Å². The maximum absolute atomic E-state index is 8.84. The van der Waals surface area contributed by atoms with E-state index in [0.29, 0.717) is 24.1 Å². The Balaban J connectivity index is 1.81. The van der Waals surface area contributed by atoms with E-state index in [9.17, 15) is 0 Å². The van der Waals surface area contributed by atoms with Crippen LogP contribution in [-0.2, 0) is 0 Å². The standard InChI is InChI=1S/C16H22N2O/c1-13(2)16-7-4-8-18(16)9-10-19-15-6-3-5-14(11-15)12-17/h3,5-6,11,13,16H,4,7-10H2,1-2H3. The highest BCUT2D eigenvalue weighted by atomic mass is 16.5. The fraction of sp³-hybridized carbons (Fsp3) is 0.562. The Morgan fingerprint density at radius 1 is 1.47 bits per heavy atom. The van der Waals surface area contributed by atoms with Gasteiger partial charge in [-0.1, -0.05) is 19.9 Å². The molecule has 102 valence electrons. The molecule has 0 aliphatic carbocycles. The van der Waals surface area contributed by atoms with Gasteiger partial charge in [-0.25, -0.2) is 0 Å². The number of hydrogen-bond donors (Lipinski definition) is 0. The van der Waals surface area contributed by atoms with Crippen LogP contribution in [0.1, 0.15) is 32.3 Å². The van der Waals surface area contributed by atoms with E-state index >= 15 is 0 Å². The van der Waals surface area contributed by atoms with Crippen LogP contribution in [-0.4, -0.2) is 30.6 Å². The summed E-state index contributed by atoms with van der Waals surface area (Å²) in [6.45, 7) is 7.43. The molecule has 0 N–H and O–H groups in total. The predicted molar refractivity (Wildman–Crippen MR) is 76.1 cm³/mol. The van der Waals surface area contributed by atoms with Gasteiger partial charge in [0, 0.05) is 12.6 Å². The third-order valence-electron chi connectivity index (χ3n) is 3.79. The third-order valence-corrected chi connectivity index (χ3v) is 3.79. The average Bonchev–Trinajstić information content (AvgIpc) is 2.87. The van der Waals surface area contributed by atoms with Crippen LogP contribution in [0, 0.1) is 17.2 Å². The lowest BCUT2D eigenvalue weighted by Gasteiger charge is -2.27. The Bertz CT molecular complexity index is 450. The summed E-state index contributed by atoms with van der Waals surface area (Å²) in [5, 5.41) is 8.84. The van der Waals surface area contributed by atoms with Crippen molar-refractivity contribution in [1.29, 1.82) is 5.26 Å². The summed E-state index contributed by atoms with van der Waals surface area (Å²) in [4.78, 5) is 2.53. The monoisotopic (exact) mass is 258 g/mol. The molecule has 0 spiro atoms. The second kappa shape index (κ2) is 6.58. The molecule has 1 aromatic rings. The maximum atomic E-state index is 8.84. The molecule has 1 aliphatic rings. The number of benzene rings is 1. The fourth-order valence-electron chi connectivity index (χ4n) is 2.82. The summed E-state index contributed by atoms with van der Waals surface area (Å²) >= 11 is 0. The van der Waals surface area contributed by atoms with Gasteiger partial charge >= 0.3 is 0 Å². The van der Waals surface area contributed by atoms with Crippen LogP contribution in [0.25, 0.3) is 0 Å². The Morgan fingerprint density at radius 3 is 3.05 bits per heavy atom. The molecule has 2 rings (SSSR count). The Morgan fingerprint density at radius 2 is 2.32 bits per heavy atom. The summed E-state index contributed by atoms with van der Waals surface area (Å²) in [6, 6.07) is 10.2. The topological polar surface area (TPSA) is 36.3 Å². The molecule has 0 radical (unpaired) electrons. The fourth-order valence-corrected chi connectivity index (χ4v) is 2.82. The average molecular weight is 258 g/mol. The molecular weight excluding hydrogens is 236 g/mol. The summed E-state index contributed by atoms with van der Waals surface area (Å²) in [6.07, 6.45) is 2.61. The van der Waals surface area contributed by atoms with Crippen LogP contribution in [0.4, 0.5) is 0 Å². The van der Waals surface area contributed by atoms with E-state index in [4.69, 9.17) is 10.00 Å². The number of nitrogens with zero attached hydrogens (tertiary/aromatic N) is 2. The molecule has 1 fully saturated rings. The minimum atomic E-state index is 0.652. The van der Waals surface area contributed by atoms with Crippen LogP contribution < -0.4 is 4.74 Å². The van der Waals surface area contributed by atoms with Gasteiger partial charge in [0.05, 0.1) is 11.6 Å². The van der Waals surface area contributed by atoms with Gasteiger partial charge in [-0.3, -0.25) is 4.90 Å². The molecule has 1 aliphatic heterocycles. The number of rotatable bonds is 5. The third kappa shape index (κ3) is 3.71. The van der Waals surface area contributed by atoms with Crippen molar-refractivity contribution in [3.8, 4) is 11.8 Å². The first-order valence-electron chi connectivity index (χ1n) is 7.07. The van der Waals surface area contributed by atoms with E-state index in [1.54, 1.807) is 12.1 Å². The van der Waals surface area contributed by atoms with Gasteiger partial charge in [0.15, 0.2) is 0 Å². The van der Waals surface area contributed by atoms with Crippen molar-refractivity contribution in [1.82, 2.24) is 4.90 Å². The first kappa shape index (κ1) is 13.9. The van der Waals surface area contributed by atoms with Gasteiger partial charge in [-0.15, -0.1) is 0 Å². The van der Waals surface area contributed by atoms with Crippen molar-refractivity contribution in [2.24, 2.45) is 5.92 Å². The zero-order valence-corrected chi connectivity index (χ0v) is 11.8. The van der Waals surface area contributed by atoms with Crippen molar-refractivity contribution in [2.45, 2.75) is 32.7 Å². The van der Waals surface area contributed by atoms with Crippen LogP contribution in [0.5, 0.6) is 5.75 Å². The Hall–Kier alpha value is -1.53. The molecule has 0 amide bonds. The number of nitriles is 1. The van der Waals surface area contributed by atoms with E-state index in [0.717, 1.165) is 12.3 Å². The molecule has 3 heteroatoms. The molecule has 19 heavy (non-hydrogen) atoms. The number of ether oxygens (including phenoxy) is 1. The molecule has 0 aromatic heterocycles. The van der Waals surface area contributed by atoms with Gasteiger partial charge < -0.3 is 4.74 Å². The van der Waals surface area contributed by atoms with Crippen LogP contribution in [0.15, 0.2) is 24.3 Å². The normalized spacial score (nSPS) is 19.6. The maximum Gasteiger partial charge on any atom is 0.120 e. The van der Waals surface area contributed by atoms with Crippen molar-refractivity contribution < 1.29 is 4.74 Å². The molecule has 1 saturated heterocycles. The minimum absolute atomic E-state index is 0.652. The minimum Gasteiger partial charge on any atom is -0.492 e. The summed E-state index contributed by atoms with van der Waals surface area (Å²) in [5.74, 6) is 1.50. The van der Waals surface area contributed by atoms with Gasteiger partial charge in [0.1, 0.15) is 12.4 Å². The highest BCUT2D eigenvalue weighted by Crippen LogP contribution is 2.23. The molecule has 1 aromatic carbocycles. The quantitative estimate of drug-likeness (QED) is 0.814. The van der Waals surface area contributed by atoms with Crippen molar-refractivity contribution >= 4 is 0 Å². The molecule has 3 nitrogen and oxygen atoms in total. The molecule has 0 bridgehead atoms. The van der Waals surface area contributed by atoms with E-state index < -0.39 is 0 Å². The van der Waals surface area contributed by atoms with Gasteiger partial charge in [-0.2, -0.15) is 5.26 Å². The molecule has 0 saturated carbocycles. The molecule has 1 unspecified atom stereocenters. The lowest BCUT2D eigenvalue weighted by atomic mass is 10.0. The van der Waals surface area contributed by atoms with E-state index in [1.165, 1.54) is 19.4 Å². The van der Waals surface area contributed by atoms with Crippen LogP contribution >= 0.6 is 0 Å². The smallest absolute Gasteiger partial charge is 0.120 e. The predicted octanol–water partition coefficient (Wildman–Crippen LogP) is 3.06. The first-order valence-corrected chi connectivity index (χ1v) is 7.07. The number of likely N-dealkylation sites (tertiary alicyclic amines) is 1. The van der Waals surface area contributed by atoms with Crippen LogP contribution in [0.2, 0.25) is 0 Å². The SMILES string of the molecule is CC(C)C1CCCN1CCOc1cccc(C#N)c1. The van der Waals surface area contributed by atoms with Gasteiger partial charge in [0.25, 0.3) is 0 Å². The zero-order chi connectivity index (χ0) is 13.7. The van der Waals surface area contributed by atoms with Gasteiger partial charge in [0.2, 0.25) is 0 Å². The van der Waals surface area contributed by atoms with E-state index in [2.05, 4.69) is 24.8 Å². The van der Waals surface area contributed by atoms with Crippen molar-refractivity contribution in [3.05, 3.63) is 29.8 Å². The van der Waals surface area contributed by atoms with Gasteiger partial charge in [-0.05, 0) is 43.5 Å². The highest BCUT2D eigenvalue weighted by molar-refractivity contribution is 5.36. The first-order chi connectivity index (χ1) is 9.20. The lowest BCUT2D eigenvalue weighted by Crippen LogP contribution is -2.36. The molecule has 1 heterocycles. The highest BCUT2D eigenvalue weighted by Gasteiger charge is 2.26. The zero-order valence-electron chi connectivity index (χ0n) is 11.8. The molecular formula is C16H22N2O. The second-order valence-electron chi connectivity index (χ2n) is 5.48.